The van der Waals surface area contributed by atoms with Gasteiger partial charge < -0.3 is 10.3 Å². The Labute approximate surface area is 113 Å². The first-order chi connectivity index (χ1) is 9.63. The molecule has 0 saturated heterocycles. The quantitative estimate of drug-likeness (QED) is 0.719. The molecule has 0 unspecified atom stereocenters. The molecule has 100 valence electrons. The molecule has 0 aliphatic rings. The number of nitrogens with zero attached hydrogens (tertiary/aromatic N) is 4. The summed E-state index contributed by atoms with van der Waals surface area (Å²) in [5.41, 5.74) is 7.09. The molecule has 2 N–H and O–H groups in total. The number of hydrogen-bond donors (Lipinski definition) is 1. The fraction of sp³-hybridized carbons (Fsp3) is 0.0769. The molecule has 0 saturated carbocycles. The first-order valence-corrected chi connectivity index (χ1v) is 5.81. The van der Waals surface area contributed by atoms with Crippen molar-refractivity contribution in [3.8, 4) is 23.1 Å². The van der Waals surface area contributed by atoms with Crippen LogP contribution in [0.1, 0.15) is 5.56 Å². The van der Waals surface area contributed by atoms with Gasteiger partial charge in [-0.25, -0.2) is 14.4 Å². The zero-order valence-corrected chi connectivity index (χ0v) is 10.5. The molecule has 20 heavy (non-hydrogen) atoms. The SMILES string of the molecule is Cc1cnc(-c2noc(-c3cc(N)ccc3F)n2)nc1. The van der Waals surface area contributed by atoms with E-state index in [1.165, 1.54) is 18.2 Å². The van der Waals surface area contributed by atoms with E-state index in [1.54, 1.807) is 12.4 Å². The molecule has 3 aromatic rings. The highest BCUT2D eigenvalue weighted by Gasteiger charge is 2.16. The average Bonchev–Trinajstić information content (AvgIpc) is 2.92. The first-order valence-electron chi connectivity index (χ1n) is 5.81. The summed E-state index contributed by atoms with van der Waals surface area (Å²) in [5, 5.41) is 3.74. The molecule has 0 atom stereocenters. The third kappa shape index (κ3) is 2.20. The number of nitrogens with two attached hydrogens (primary N) is 1. The van der Waals surface area contributed by atoms with Gasteiger partial charge in [-0.05, 0) is 30.7 Å². The molecule has 6 nitrogen and oxygen atoms in total. The van der Waals surface area contributed by atoms with Crippen LogP contribution in [0.2, 0.25) is 0 Å². The summed E-state index contributed by atoms with van der Waals surface area (Å²) >= 11 is 0. The molecule has 0 amide bonds. The van der Waals surface area contributed by atoms with Crippen molar-refractivity contribution in [1.29, 1.82) is 0 Å². The van der Waals surface area contributed by atoms with Crippen molar-refractivity contribution in [3.63, 3.8) is 0 Å². The fourth-order valence-electron chi connectivity index (χ4n) is 1.64. The Balaban J connectivity index is 2.01. The lowest BCUT2D eigenvalue weighted by Crippen LogP contribution is -1.92. The van der Waals surface area contributed by atoms with Gasteiger partial charge in [0.1, 0.15) is 5.82 Å². The van der Waals surface area contributed by atoms with E-state index < -0.39 is 5.82 Å². The van der Waals surface area contributed by atoms with Gasteiger partial charge in [0, 0.05) is 18.1 Å². The van der Waals surface area contributed by atoms with E-state index in [0.29, 0.717) is 11.5 Å². The van der Waals surface area contributed by atoms with Gasteiger partial charge in [-0.15, -0.1) is 0 Å². The number of nitrogen functional groups attached to an aromatic ring is 1. The lowest BCUT2D eigenvalue weighted by atomic mass is 10.2. The van der Waals surface area contributed by atoms with Crippen LogP contribution in [0.4, 0.5) is 10.1 Å². The summed E-state index contributed by atoms with van der Waals surface area (Å²) in [6, 6.07) is 4.14. The van der Waals surface area contributed by atoms with Gasteiger partial charge in [-0.3, -0.25) is 0 Å². The molecule has 2 aromatic heterocycles. The minimum absolute atomic E-state index is 0.0361. The molecular formula is C13H10FN5O. The Hall–Kier alpha value is -2.83. The summed E-state index contributed by atoms with van der Waals surface area (Å²) < 4.78 is 18.7. The molecule has 1 aromatic carbocycles. The molecule has 3 rings (SSSR count). The van der Waals surface area contributed by atoms with Crippen molar-refractivity contribution < 1.29 is 8.91 Å². The molecule has 7 heteroatoms. The van der Waals surface area contributed by atoms with Crippen molar-refractivity contribution in [1.82, 2.24) is 20.1 Å². The van der Waals surface area contributed by atoms with Crippen molar-refractivity contribution in [2.24, 2.45) is 0 Å². The van der Waals surface area contributed by atoms with Crippen LogP contribution in [0.25, 0.3) is 23.1 Å². The normalized spacial score (nSPS) is 10.7. The van der Waals surface area contributed by atoms with Crippen LogP contribution in [0.3, 0.4) is 0 Å². The number of aryl methyl sites for hydroxylation is 1. The number of aromatic nitrogens is 4. The predicted octanol–water partition coefficient (Wildman–Crippen LogP) is 2.22. The van der Waals surface area contributed by atoms with Gasteiger partial charge in [0.25, 0.3) is 5.89 Å². The van der Waals surface area contributed by atoms with Crippen molar-refractivity contribution in [3.05, 3.63) is 42.0 Å². The number of benzene rings is 1. The van der Waals surface area contributed by atoms with E-state index in [2.05, 4.69) is 20.1 Å². The number of halogens is 1. The maximum atomic E-state index is 13.7. The standard InChI is InChI=1S/C13H10FN5O/c1-7-5-16-11(17-6-7)12-18-13(20-19-12)9-4-8(15)2-3-10(9)14/h2-6H,15H2,1H3. The van der Waals surface area contributed by atoms with E-state index in [0.717, 1.165) is 5.56 Å². The largest absolute Gasteiger partial charge is 0.399 e. The zero-order chi connectivity index (χ0) is 14.1. The number of rotatable bonds is 2. The number of hydrogen-bond acceptors (Lipinski definition) is 6. The molecule has 0 aliphatic heterocycles. The van der Waals surface area contributed by atoms with Crippen LogP contribution < -0.4 is 5.73 Å². The van der Waals surface area contributed by atoms with Crippen molar-refractivity contribution in [2.75, 3.05) is 5.73 Å². The lowest BCUT2D eigenvalue weighted by Gasteiger charge is -1.98. The smallest absolute Gasteiger partial charge is 0.261 e. The highest BCUT2D eigenvalue weighted by Crippen LogP contribution is 2.24. The molecule has 0 radical (unpaired) electrons. The molecule has 0 spiro atoms. The van der Waals surface area contributed by atoms with Gasteiger partial charge in [0.2, 0.25) is 11.6 Å². The van der Waals surface area contributed by atoms with Gasteiger partial charge >= 0.3 is 0 Å². The third-order valence-corrected chi connectivity index (χ3v) is 2.63. The second-order valence-electron chi connectivity index (χ2n) is 4.25. The minimum atomic E-state index is -0.487. The zero-order valence-electron chi connectivity index (χ0n) is 10.5. The summed E-state index contributed by atoms with van der Waals surface area (Å²) in [7, 11) is 0. The van der Waals surface area contributed by atoms with E-state index in [9.17, 15) is 4.39 Å². The average molecular weight is 271 g/mol. The van der Waals surface area contributed by atoms with Gasteiger partial charge in [-0.1, -0.05) is 5.16 Å². The molecule has 2 heterocycles. The highest BCUT2D eigenvalue weighted by molar-refractivity contribution is 5.61. The second-order valence-corrected chi connectivity index (χ2v) is 4.25. The van der Waals surface area contributed by atoms with Crippen LogP contribution in [-0.2, 0) is 0 Å². The Kier molecular flexibility index (Phi) is 2.86. The van der Waals surface area contributed by atoms with Crippen LogP contribution in [0.15, 0.2) is 35.1 Å². The Morgan fingerprint density at radius 3 is 2.65 bits per heavy atom. The second kappa shape index (κ2) is 4.69. The van der Waals surface area contributed by atoms with Gasteiger partial charge in [0.15, 0.2) is 0 Å². The minimum Gasteiger partial charge on any atom is -0.399 e. The van der Waals surface area contributed by atoms with E-state index in [-0.39, 0.29) is 17.3 Å². The third-order valence-electron chi connectivity index (χ3n) is 2.63. The van der Waals surface area contributed by atoms with Crippen LogP contribution >= 0.6 is 0 Å². The molecule has 0 fully saturated rings. The summed E-state index contributed by atoms with van der Waals surface area (Å²) in [6.45, 7) is 1.87. The predicted molar refractivity (Wildman–Crippen MR) is 69.9 cm³/mol. The highest BCUT2D eigenvalue weighted by atomic mass is 19.1. The summed E-state index contributed by atoms with van der Waals surface area (Å²) in [4.78, 5) is 12.2. The summed E-state index contributed by atoms with van der Waals surface area (Å²) in [5.74, 6) is 0.0601. The maximum Gasteiger partial charge on any atom is 0.261 e. The maximum absolute atomic E-state index is 13.7. The molecular weight excluding hydrogens is 261 g/mol. The van der Waals surface area contributed by atoms with E-state index >= 15 is 0 Å². The Morgan fingerprint density at radius 1 is 1.15 bits per heavy atom. The van der Waals surface area contributed by atoms with Crippen LogP contribution in [-0.4, -0.2) is 20.1 Å². The summed E-state index contributed by atoms with van der Waals surface area (Å²) in [6.07, 6.45) is 3.28. The molecule has 0 bridgehead atoms. The fourth-order valence-corrected chi connectivity index (χ4v) is 1.64. The van der Waals surface area contributed by atoms with Gasteiger partial charge in [-0.2, -0.15) is 4.98 Å². The van der Waals surface area contributed by atoms with Crippen LogP contribution in [0, 0.1) is 12.7 Å². The Bertz CT molecular complexity index is 754. The monoisotopic (exact) mass is 271 g/mol. The topological polar surface area (TPSA) is 90.7 Å². The lowest BCUT2D eigenvalue weighted by molar-refractivity contribution is 0.429. The first kappa shape index (κ1) is 12.2. The van der Waals surface area contributed by atoms with Gasteiger partial charge in [0.05, 0.1) is 5.56 Å². The van der Waals surface area contributed by atoms with Crippen molar-refractivity contribution in [2.45, 2.75) is 6.92 Å². The molecule has 0 aliphatic carbocycles. The van der Waals surface area contributed by atoms with E-state index in [1.807, 2.05) is 6.92 Å². The van der Waals surface area contributed by atoms with Crippen molar-refractivity contribution >= 4 is 5.69 Å². The van der Waals surface area contributed by atoms with E-state index in [4.69, 9.17) is 10.3 Å². The Morgan fingerprint density at radius 2 is 1.90 bits per heavy atom. The number of anilines is 1. The van der Waals surface area contributed by atoms with Crippen LogP contribution in [0.5, 0.6) is 0 Å².